The molecule has 1 N–H and O–H groups in total. The predicted octanol–water partition coefficient (Wildman–Crippen LogP) is 4.22. The van der Waals surface area contributed by atoms with E-state index in [9.17, 15) is 0 Å². The van der Waals surface area contributed by atoms with Crippen LogP contribution >= 0.6 is 11.6 Å². The van der Waals surface area contributed by atoms with Crippen LogP contribution in [-0.4, -0.2) is 6.61 Å². The summed E-state index contributed by atoms with van der Waals surface area (Å²) in [6.07, 6.45) is 0. The molecule has 0 saturated heterocycles. The Balaban J connectivity index is 2.11. The number of benzene rings is 2. The normalized spacial score (nSPS) is 9.85. The third-order valence-corrected chi connectivity index (χ3v) is 3.17. The number of hydrogen-bond donors (Lipinski definition) is 1. The van der Waals surface area contributed by atoms with Crippen molar-refractivity contribution >= 4 is 17.3 Å². The smallest absolute Gasteiger partial charge is 0.124 e. The lowest BCUT2D eigenvalue weighted by atomic mass is 10.1. The van der Waals surface area contributed by atoms with Gasteiger partial charge in [0.05, 0.1) is 17.2 Å². The Morgan fingerprint density at radius 1 is 1.25 bits per heavy atom. The molecule has 0 atom stereocenters. The molecule has 0 aliphatic carbocycles. The first-order valence-electron chi connectivity index (χ1n) is 6.38. The highest BCUT2D eigenvalue weighted by atomic mass is 35.5. The molecular formula is C16H15ClN2O. The Bertz CT molecular complexity index is 635. The van der Waals surface area contributed by atoms with Gasteiger partial charge in [-0.2, -0.15) is 5.26 Å². The molecule has 0 radical (unpaired) electrons. The van der Waals surface area contributed by atoms with E-state index in [2.05, 4.69) is 11.4 Å². The van der Waals surface area contributed by atoms with Crippen LogP contribution < -0.4 is 10.1 Å². The van der Waals surface area contributed by atoms with Crippen LogP contribution in [0, 0.1) is 11.3 Å². The molecule has 102 valence electrons. The standard InChI is InChI=1S/C16H15ClN2O/c1-2-20-16-6-4-3-5-12(16)11-19-14-7-8-15(17)13(9-14)10-18/h3-9,19H,2,11H2,1H3. The Kier molecular flexibility index (Phi) is 4.86. The number of rotatable bonds is 5. The van der Waals surface area contributed by atoms with Gasteiger partial charge in [-0.15, -0.1) is 0 Å². The van der Waals surface area contributed by atoms with Crippen LogP contribution in [0.1, 0.15) is 18.1 Å². The topological polar surface area (TPSA) is 45.0 Å². The van der Waals surface area contributed by atoms with Gasteiger partial charge in [-0.05, 0) is 31.2 Å². The molecule has 0 heterocycles. The molecule has 4 heteroatoms. The number of hydrogen-bond acceptors (Lipinski definition) is 3. The third kappa shape index (κ3) is 3.43. The lowest BCUT2D eigenvalue weighted by Crippen LogP contribution is -2.03. The molecule has 2 aromatic carbocycles. The maximum atomic E-state index is 8.96. The Morgan fingerprint density at radius 2 is 2.05 bits per heavy atom. The fraction of sp³-hybridized carbons (Fsp3) is 0.188. The van der Waals surface area contributed by atoms with Crippen molar-refractivity contribution in [3.05, 3.63) is 58.6 Å². The van der Waals surface area contributed by atoms with E-state index in [0.717, 1.165) is 17.0 Å². The van der Waals surface area contributed by atoms with E-state index in [0.29, 0.717) is 23.7 Å². The summed E-state index contributed by atoms with van der Waals surface area (Å²) >= 11 is 5.91. The van der Waals surface area contributed by atoms with Crippen LogP contribution in [0.5, 0.6) is 5.75 Å². The van der Waals surface area contributed by atoms with Crippen molar-refractivity contribution in [1.82, 2.24) is 0 Å². The fourth-order valence-corrected chi connectivity index (χ4v) is 2.02. The fourth-order valence-electron chi connectivity index (χ4n) is 1.86. The van der Waals surface area contributed by atoms with Gasteiger partial charge in [0.2, 0.25) is 0 Å². The van der Waals surface area contributed by atoms with Gasteiger partial charge < -0.3 is 10.1 Å². The van der Waals surface area contributed by atoms with Crippen LogP contribution in [0.2, 0.25) is 5.02 Å². The summed E-state index contributed by atoms with van der Waals surface area (Å²) in [7, 11) is 0. The maximum Gasteiger partial charge on any atom is 0.124 e. The van der Waals surface area contributed by atoms with Crippen LogP contribution in [0.4, 0.5) is 5.69 Å². The second-order valence-corrected chi connectivity index (χ2v) is 4.61. The van der Waals surface area contributed by atoms with Crippen molar-refractivity contribution in [3.8, 4) is 11.8 Å². The minimum Gasteiger partial charge on any atom is -0.494 e. The van der Waals surface area contributed by atoms with Crippen molar-refractivity contribution in [3.63, 3.8) is 0 Å². The van der Waals surface area contributed by atoms with Crippen LogP contribution in [0.3, 0.4) is 0 Å². The molecule has 0 amide bonds. The first kappa shape index (κ1) is 14.2. The molecule has 3 nitrogen and oxygen atoms in total. The SMILES string of the molecule is CCOc1ccccc1CNc1ccc(Cl)c(C#N)c1. The summed E-state index contributed by atoms with van der Waals surface area (Å²) in [4.78, 5) is 0. The summed E-state index contributed by atoms with van der Waals surface area (Å²) in [6, 6.07) is 15.3. The quantitative estimate of drug-likeness (QED) is 0.895. The van der Waals surface area contributed by atoms with Gasteiger partial charge in [-0.1, -0.05) is 29.8 Å². The lowest BCUT2D eigenvalue weighted by molar-refractivity contribution is 0.337. The first-order valence-corrected chi connectivity index (χ1v) is 6.76. The van der Waals surface area contributed by atoms with Gasteiger partial charge in [-0.25, -0.2) is 0 Å². The molecule has 2 aromatic rings. The largest absolute Gasteiger partial charge is 0.494 e. The van der Waals surface area contributed by atoms with Crippen LogP contribution in [0.25, 0.3) is 0 Å². The molecule has 0 unspecified atom stereocenters. The van der Waals surface area contributed by atoms with Gasteiger partial charge in [0.1, 0.15) is 11.8 Å². The molecule has 0 saturated carbocycles. The van der Waals surface area contributed by atoms with Gasteiger partial charge in [0.25, 0.3) is 0 Å². The molecule has 0 aromatic heterocycles. The van der Waals surface area contributed by atoms with Crippen molar-refractivity contribution in [2.45, 2.75) is 13.5 Å². The number of halogens is 1. The summed E-state index contributed by atoms with van der Waals surface area (Å²) in [5, 5.41) is 12.7. The van der Waals surface area contributed by atoms with E-state index in [1.54, 1.807) is 12.1 Å². The highest BCUT2D eigenvalue weighted by Crippen LogP contribution is 2.22. The summed E-state index contributed by atoms with van der Waals surface area (Å²) in [5.41, 5.74) is 2.40. The molecule has 20 heavy (non-hydrogen) atoms. The Labute approximate surface area is 123 Å². The highest BCUT2D eigenvalue weighted by molar-refractivity contribution is 6.31. The minimum atomic E-state index is 0.466. The van der Waals surface area contributed by atoms with Gasteiger partial charge in [0, 0.05) is 17.8 Å². The summed E-state index contributed by atoms with van der Waals surface area (Å²) in [5.74, 6) is 0.872. The number of nitriles is 1. The first-order chi connectivity index (χ1) is 9.74. The molecule has 0 spiro atoms. The molecule has 0 aliphatic heterocycles. The summed E-state index contributed by atoms with van der Waals surface area (Å²) < 4.78 is 5.58. The van der Waals surface area contributed by atoms with Crippen molar-refractivity contribution in [2.24, 2.45) is 0 Å². The average Bonchev–Trinajstić information content (AvgIpc) is 2.48. The molecule has 0 aliphatic rings. The highest BCUT2D eigenvalue weighted by Gasteiger charge is 2.04. The van der Waals surface area contributed by atoms with E-state index >= 15 is 0 Å². The number of ether oxygens (including phenoxy) is 1. The molecule has 2 rings (SSSR count). The molecule has 0 bridgehead atoms. The maximum absolute atomic E-state index is 8.96. The zero-order valence-corrected chi connectivity index (χ0v) is 11.9. The zero-order chi connectivity index (χ0) is 14.4. The number of nitrogens with one attached hydrogen (secondary N) is 1. The zero-order valence-electron chi connectivity index (χ0n) is 11.2. The van der Waals surface area contributed by atoms with E-state index in [1.165, 1.54) is 0 Å². The van der Waals surface area contributed by atoms with Crippen molar-refractivity contribution in [1.29, 1.82) is 5.26 Å². The monoisotopic (exact) mass is 286 g/mol. The van der Waals surface area contributed by atoms with E-state index in [1.807, 2.05) is 37.3 Å². The third-order valence-electron chi connectivity index (χ3n) is 2.84. The van der Waals surface area contributed by atoms with E-state index < -0.39 is 0 Å². The predicted molar refractivity (Wildman–Crippen MR) is 81.1 cm³/mol. The second-order valence-electron chi connectivity index (χ2n) is 4.20. The van der Waals surface area contributed by atoms with Crippen LogP contribution in [-0.2, 0) is 6.54 Å². The van der Waals surface area contributed by atoms with E-state index in [4.69, 9.17) is 21.6 Å². The molecular weight excluding hydrogens is 272 g/mol. The Hall–Kier alpha value is -2.18. The van der Waals surface area contributed by atoms with E-state index in [-0.39, 0.29) is 0 Å². The second kappa shape index (κ2) is 6.83. The average molecular weight is 287 g/mol. The van der Waals surface area contributed by atoms with Crippen LogP contribution in [0.15, 0.2) is 42.5 Å². The number of nitrogens with zero attached hydrogens (tertiary/aromatic N) is 1. The van der Waals surface area contributed by atoms with Crippen molar-refractivity contribution in [2.75, 3.05) is 11.9 Å². The minimum absolute atomic E-state index is 0.466. The molecule has 0 fully saturated rings. The van der Waals surface area contributed by atoms with Gasteiger partial charge in [0.15, 0.2) is 0 Å². The summed E-state index contributed by atoms with van der Waals surface area (Å²) in [6.45, 7) is 3.22. The van der Waals surface area contributed by atoms with Gasteiger partial charge in [-0.3, -0.25) is 0 Å². The Morgan fingerprint density at radius 3 is 2.80 bits per heavy atom. The van der Waals surface area contributed by atoms with Crippen molar-refractivity contribution < 1.29 is 4.74 Å². The lowest BCUT2D eigenvalue weighted by Gasteiger charge is -2.12. The number of para-hydroxylation sites is 1. The number of anilines is 1. The van der Waals surface area contributed by atoms with Gasteiger partial charge >= 0.3 is 0 Å².